The van der Waals surface area contributed by atoms with Crippen LogP contribution in [0.5, 0.6) is 0 Å². The first-order valence-corrected chi connectivity index (χ1v) is 7.64. The molecule has 7 heteroatoms. The number of fused-ring (bicyclic) bond motifs is 1. The standard InChI is InChI=1S/C15H21N5O2/c1-10-7-11(2)20-14(17-10)18-12(19-20)8-13(21)16-9-15(22)5-3-4-6-15/h7,22H,3-6,8-9H2,1-2H3,(H,16,21). The third kappa shape index (κ3) is 3.09. The van der Waals surface area contributed by atoms with E-state index in [0.29, 0.717) is 18.1 Å². The van der Waals surface area contributed by atoms with Gasteiger partial charge < -0.3 is 10.4 Å². The summed E-state index contributed by atoms with van der Waals surface area (Å²) in [6.07, 6.45) is 3.64. The first-order valence-electron chi connectivity index (χ1n) is 7.64. The van der Waals surface area contributed by atoms with Crippen molar-refractivity contribution in [1.29, 1.82) is 0 Å². The molecule has 2 aromatic rings. The van der Waals surface area contributed by atoms with Gasteiger partial charge in [0.15, 0.2) is 5.82 Å². The van der Waals surface area contributed by atoms with Crippen LogP contribution in [0.25, 0.3) is 5.78 Å². The SMILES string of the molecule is Cc1cc(C)n2nc(CC(=O)NCC3(O)CCCC3)nc2n1. The van der Waals surface area contributed by atoms with Gasteiger partial charge in [0.1, 0.15) is 0 Å². The van der Waals surface area contributed by atoms with E-state index in [4.69, 9.17) is 0 Å². The average Bonchev–Trinajstić information content (AvgIpc) is 3.04. The van der Waals surface area contributed by atoms with Gasteiger partial charge in [-0.1, -0.05) is 12.8 Å². The maximum atomic E-state index is 12.0. The van der Waals surface area contributed by atoms with Crippen LogP contribution in [0.2, 0.25) is 0 Å². The van der Waals surface area contributed by atoms with E-state index in [-0.39, 0.29) is 12.3 Å². The van der Waals surface area contributed by atoms with E-state index in [0.717, 1.165) is 37.1 Å². The normalized spacial score (nSPS) is 17.0. The molecule has 1 fully saturated rings. The molecule has 1 aliphatic carbocycles. The van der Waals surface area contributed by atoms with Gasteiger partial charge in [0.05, 0.1) is 12.0 Å². The first kappa shape index (κ1) is 14.9. The number of carbonyl (C=O) groups is 1. The smallest absolute Gasteiger partial charge is 0.252 e. The fourth-order valence-electron chi connectivity index (χ4n) is 2.96. The predicted octanol–water partition coefficient (Wildman–Crippen LogP) is 0.705. The minimum atomic E-state index is -0.739. The Balaban J connectivity index is 1.65. The maximum Gasteiger partial charge on any atom is 0.252 e. The molecule has 118 valence electrons. The Morgan fingerprint density at radius 2 is 2.09 bits per heavy atom. The molecule has 7 nitrogen and oxygen atoms in total. The van der Waals surface area contributed by atoms with Crippen molar-refractivity contribution in [3.8, 4) is 0 Å². The highest BCUT2D eigenvalue weighted by Crippen LogP contribution is 2.28. The van der Waals surface area contributed by atoms with Crippen molar-refractivity contribution < 1.29 is 9.90 Å². The molecule has 0 radical (unpaired) electrons. The number of rotatable bonds is 4. The molecule has 22 heavy (non-hydrogen) atoms. The van der Waals surface area contributed by atoms with Gasteiger partial charge in [-0.05, 0) is 32.8 Å². The fourth-order valence-corrected chi connectivity index (χ4v) is 2.96. The molecule has 0 spiro atoms. The van der Waals surface area contributed by atoms with Crippen molar-refractivity contribution in [2.75, 3.05) is 6.54 Å². The number of hydrogen-bond donors (Lipinski definition) is 2. The van der Waals surface area contributed by atoms with Crippen LogP contribution in [0.15, 0.2) is 6.07 Å². The second kappa shape index (κ2) is 5.64. The first-order chi connectivity index (χ1) is 10.5. The minimum absolute atomic E-state index is 0.0952. The summed E-state index contributed by atoms with van der Waals surface area (Å²) in [6.45, 7) is 4.13. The molecule has 0 atom stereocenters. The second-order valence-electron chi connectivity index (χ2n) is 6.16. The molecule has 2 aromatic heterocycles. The van der Waals surface area contributed by atoms with Crippen molar-refractivity contribution in [1.82, 2.24) is 24.9 Å². The van der Waals surface area contributed by atoms with Crippen LogP contribution < -0.4 is 5.32 Å². The molecular weight excluding hydrogens is 282 g/mol. The summed E-state index contributed by atoms with van der Waals surface area (Å²) in [7, 11) is 0. The Bertz CT molecular complexity index is 703. The monoisotopic (exact) mass is 303 g/mol. The lowest BCUT2D eigenvalue weighted by molar-refractivity contribution is -0.121. The van der Waals surface area contributed by atoms with Crippen LogP contribution in [0, 0.1) is 13.8 Å². The Morgan fingerprint density at radius 3 is 2.82 bits per heavy atom. The number of aromatic nitrogens is 4. The number of nitrogens with zero attached hydrogens (tertiary/aromatic N) is 4. The van der Waals surface area contributed by atoms with E-state index in [1.54, 1.807) is 4.52 Å². The van der Waals surface area contributed by atoms with Gasteiger partial charge in [-0.25, -0.2) is 9.50 Å². The lowest BCUT2D eigenvalue weighted by Gasteiger charge is -2.22. The molecular formula is C15H21N5O2. The molecule has 0 unspecified atom stereocenters. The molecule has 0 saturated heterocycles. The zero-order valence-corrected chi connectivity index (χ0v) is 13.0. The van der Waals surface area contributed by atoms with E-state index in [2.05, 4.69) is 20.4 Å². The Kier molecular flexibility index (Phi) is 3.82. The minimum Gasteiger partial charge on any atom is -0.388 e. The summed E-state index contributed by atoms with van der Waals surface area (Å²) in [5, 5.41) is 17.3. The van der Waals surface area contributed by atoms with E-state index < -0.39 is 5.60 Å². The zero-order chi connectivity index (χ0) is 15.7. The van der Waals surface area contributed by atoms with Crippen LogP contribution >= 0.6 is 0 Å². The van der Waals surface area contributed by atoms with Gasteiger partial charge in [-0.2, -0.15) is 4.98 Å². The lowest BCUT2D eigenvalue weighted by Crippen LogP contribution is -2.41. The van der Waals surface area contributed by atoms with Crippen LogP contribution in [0.1, 0.15) is 42.9 Å². The topological polar surface area (TPSA) is 92.4 Å². The summed E-state index contributed by atoms with van der Waals surface area (Å²) < 4.78 is 1.64. The quantitative estimate of drug-likeness (QED) is 0.867. The number of aryl methyl sites for hydroxylation is 2. The van der Waals surface area contributed by atoms with Gasteiger partial charge in [-0.15, -0.1) is 5.10 Å². The summed E-state index contributed by atoms with van der Waals surface area (Å²) in [4.78, 5) is 20.6. The van der Waals surface area contributed by atoms with Crippen molar-refractivity contribution in [3.05, 3.63) is 23.3 Å². The summed E-state index contributed by atoms with van der Waals surface area (Å²) in [5.74, 6) is 0.775. The fraction of sp³-hybridized carbons (Fsp3) is 0.600. The van der Waals surface area contributed by atoms with Crippen LogP contribution in [0.3, 0.4) is 0 Å². The van der Waals surface area contributed by atoms with Gasteiger partial charge in [0, 0.05) is 17.9 Å². The molecule has 0 aromatic carbocycles. The third-order valence-corrected chi connectivity index (χ3v) is 4.13. The Morgan fingerprint density at radius 1 is 1.36 bits per heavy atom. The molecule has 1 aliphatic rings. The number of carbonyl (C=O) groups excluding carboxylic acids is 1. The van der Waals surface area contributed by atoms with Crippen LogP contribution in [-0.4, -0.2) is 42.7 Å². The molecule has 2 N–H and O–H groups in total. The van der Waals surface area contributed by atoms with E-state index in [1.165, 1.54) is 0 Å². The van der Waals surface area contributed by atoms with E-state index in [9.17, 15) is 9.90 Å². The van der Waals surface area contributed by atoms with Crippen molar-refractivity contribution >= 4 is 11.7 Å². The van der Waals surface area contributed by atoms with Gasteiger partial charge >= 0.3 is 0 Å². The second-order valence-corrected chi connectivity index (χ2v) is 6.16. The molecule has 0 bridgehead atoms. The number of aliphatic hydroxyl groups is 1. The molecule has 2 heterocycles. The molecule has 0 aliphatic heterocycles. The van der Waals surface area contributed by atoms with E-state index in [1.807, 2.05) is 19.9 Å². The van der Waals surface area contributed by atoms with Crippen LogP contribution in [0.4, 0.5) is 0 Å². The average molecular weight is 303 g/mol. The largest absolute Gasteiger partial charge is 0.388 e. The summed E-state index contributed by atoms with van der Waals surface area (Å²) in [5.41, 5.74) is 1.07. The summed E-state index contributed by atoms with van der Waals surface area (Å²) in [6, 6.07) is 1.92. The molecule has 3 rings (SSSR count). The highest BCUT2D eigenvalue weighted by atomic mass is 16.3. The van der Waals surface area contributed by atoms with Crippen molar-refractivity contribution in [2.24, 2.45) is 0 Å². The van der Waals surface area contributed by atoms with E-state index >= 15 is 0 Å². The predicted molar refractivity (Wildman–Crippen MR) is 80.4 cm³/mol. The van der Waals surface area contributed by atoms with Crippen LogP contribution in [-0.2, 0) is 11.2 Å². The molecule has 1 amide bonds. The van der Waals surface area contributed by atoms with Gasteiger partial charge in [-0.3, -0.25) is 4.79 Å². The molecule has 1 saturated carbocycles. The zero-order valence-electron chi connectivity index (χ0n) is 13.0. The van der Waals surface area contributed by atoms with Crippen molar-refractivity contribution in [2.45, 2.75) is 51.6 Å². The summed E-state index contributed by atoms with van der Waals surface area (Å²) >= 11 is 0. The highest BCUT2D eigenvalue weighted by molar-refractivity contribution is 5.77. The Hall–Kier alpha value is -2.02. The number of amides is 1. The number of nitrogens with one attached hydrogen (secondary N) is 1. The third-order valence-electron chi connectivity index (χ3n) is 4.13. The van der Waals surface area contributed by atoms with Crippen molar-refractivity contribution in [3.63, 3.8) is 0 Å². The highest BCUT2D eigenvalue weighted by Gasteiger charge is 2.31. The lowest BCUT2D eigenvalue weighted by atomic mass is 10.0. The number of hydrogen-bond acceptors (Lipinski definition) is 5. The maximum absolute atomic E-state index is 12.0. The Labute approximate surface area is 128 Å². The van der Waals surface area contributed by atoms with Gasteiger partial charge in [0.25, 0.3) is 5.78 Å². The van der Waals surface area contributed by atoms with Gasteiger partial charge in [0.2, 0.25) is 5.91 Å².